The summed E-state index contributed by atoms with van der Waals surface area (Å²) >= 11 is 3.70. The van der Waals surface area contributed by atoms with Crippen molar-refractivity contribution in [1.29, 1.82) is 5.26 Å². The van der Waals surface area contributed by atoms with Crippen LogP contribution in [0.15, 0.2) is 12.7 Å². The Morgan fingerprint density at radius 1 is 2.00 bits per heavy atom. The van der Waals surface area contributed by atoms with Gasteiger partial charge in [0, 0.05) is 6.54 Å². The molecule has 0 bridgehead atoms. The van der Waals surface area contributed by atoms with Gasteiger partial charge in [0.1, 0.15) is 0 Å². The van der Waals surface area contributed by atoms with Crippen LogP contribution in [0.4, 0.5) is 0 Å². The highest BCUT2D eigenvalue weighted by molar-refractivity contribution is 7.64. The maximum Gasteiger partial charge on any atom is 0.0104 e. The number of nitrogens with two attached hydrogens (primary N) is 1. The van der Waals surface area contributed by atoms with E-state index < -0.39 is 0 Å². The Balaban J connectivity index is 0. The van der Waals surface area contributed by atoms with E-state index in [-0.39, 0.29) is 0 Å². The van der Waals surface area contributed by atoms with Gasteiger partial charge in [0.2, 0.25) is 0 Å². The molecule has 0 heterocycles. The molecule has 3 heteroatoms. The lowest BCUT2D eigenvalue weighted by Gasteiger charge is -1.61. The molecule has 0 unspecified atom stereocenters. The molecular weight excluding hydrogens is 108 g/mol. The van der Waals surface area contributed by atoms with Crippen LogP contribution in [0.3, 0.4) is 0 Å². The molecule has 0 atom stereocenters. The largest absolute Gasteiger partial charge is 0.696 e. The second kappa shape index (κ2) is 18.1. The lowest BCUT2D eigenvalue weighted by atomic mass is 10.7. The minimum absolute atomic E-state index is 0.583. The van der Waals surface area contributed by atoms with E-state index in [0.29, 0.717) is 6.54 Å². The SMILES string of the molecule is C=CCN.N#C[S-]. The number of thiocyanates is 1. The molecule has 0 aromatic rings. The first-order chi connectivity index (χ1) is 3.33. The van der Waals surface area contributed by atoms with Gasteiger partial charge in [-0.25, -0.2) is 5.26 Å². The van der Waals surface area contributed by atoms with Crippen LogP contribution in [-0.4, -0.2) is 6.54 Å². The van der Waals surface area contributed by atoms with Gasteiger partial charge in [-0.3, -0.25) is 0 Å². The number of rotatable bonds is 1. The first-order valence-corrected chi connectivity index (χ1v) is 2.06. The average molecular weight is 115 g/mol. The summed E-state index contributed by atoms with van der Waals surface area (Å²) in [4.78, 5) is 0. The lowest BCUT2D eigenvalue weighted by Crippen LogP contribution is -1.90. The fourth-order valence-electron chi connectivity index (χ4n) is 0. The Morgan fingerprint density at radius 3 is 2.14 bits per heavy atom. The third-order valence-electron chi connectivity index (χ3n) is 0.167. The van der Waals surface area contributed by atoms with Crippen LogP contribution < -0.4 is 5.73 Å². The predicted molar refractivity (Wildman–Crippen MR) is 32.2 cm³/mol. The summed E-state index contributed by atoms with van der Waals surface area (Å²) in [5.41, 5.74) is 4.91. The second-order valence-corrected chi connectivity index (χ2v) is 0.798. The van der Waals surface area contributed by atoms with Gasteiger partial charge in [-0.15, -0.1) is 6.58 Å². The van der Waals surface area contributed by atoms with Gasteiger partial charge in [-0.2, -0.15) is 0 Å². The molecule has 0 saturated carbocycles. The zero-order valence-corrected chi connectivity index (χ0v) is 4.74. The van der Waals surface area contributed by atoms with Crippen LogP contribution in [0.5, 0.6) is 0 Å². The fourth-order valence-corrected chi connectivity index (χ4v) is 0. The number of nitriles is 1. The Bertz CT molecular complexity index is 64.6. The highest BCUT2D eigenvalue weighted by Crippen LogP contribution is 1.40. The van der Waals surface area contributed by atoms with Crippen LogP contribution >= 0.6 is 0 Å². The molecule has 0 rings (SSSR count). The van der Waals surface area contributed by atoms with Crippen LogP contribution in [0.2, 0.25) is 0 Å². The lowest BCUT2D eigenvalue weighted by molar-refractivity contribution is 1.26. The molecule has 2 N–H and O–H groups in total. The first kappa shape index (κ1) is 9.65. The highest BCUT2D eigenvalue weighted by atomic mass is 32.1. The fraction of sp³-hybridized carbons (Fsp3) is 0.250. The molecular formula is C4H7N2S-. The van der Waals surface area contributed by atoms with Crippen molar-refractivity contribution < 1.29 is 0 Å². The van der Waals surface area contributed by atoms with Crippen molar-refractivity contribution in [3.05, 3.63) is 12.7 Å². The van der Waals surface area contributed by atoms with E-state index in [1.165, 1.54) is 5.40 Å². The van der Waals surface area contributed by atoms with Gasteiger partial charge < -0.3 is 18.4 Å². The minimum Gasteiger partial charge on any atom is -0.696 e. The maximum absolute atomic E-state index is 7.13. The van der Waals surface area contributed by atoms with E-state index >= 15 is 0 Å². The predicted octanol–water partition coefficient (Wildman–Crippen LogP) is 0.145. The molecule has 0 aromatic heterocycles. The van der Waals surface area contributed by atoms with Crippen LogP contribution in [0, 0.1) is 10.7 Å². The van der Waals surface area contributed by atoms with Crippen molar-refractivity contribution in [2.45, 2.75) is 0 Å². The van der Waals surface area contributed by atoms with Crippen molar-refractivity contribution >= 4 is 12.6 Å². The third-order valence-corrected chi connectivity index (χ3v) is 0.167. The summed E-state index contributed by atoms with van der Waals surface area (Å²) in [7, 11) is 0. The Kier molecular flexibility index (Phi) is 25.0. The van der Waals surface area contributed by atoms with E-state index in [1.54, 1.807) is 6.08 Å². The van der Waals surface area contributed by atoms with Gasteiger partial charge in [-0.1, -0.05) is 11.5 Å². The van der Waals surface area contributed by atoms with E-state index in [0.717, 1.165) is 0 Å². The Hall–Kier alpha value is -0.590. The van der Waals surface area contributed by atoms with Crippen molar-refractivity contribution in [2.75, 3.05) is 6.54 Å². The molecule has 0 saturated heterocycles. The topological polar surface area (TPSA) is 49.8 Å². The molecule has 7 heavy (non-hydrogen) atoms. The van der Waals surface area contributed by atoms with Crippen molar-refractivity contribution in [2.24, 2.45) is 5.73 Å². The quantitative estimate of drug-likeness (QED) is 0.300. The van der Waals surface area contributed by atoms with Gasteiger partial charge in [-0.05, 0) is 0 Å². The molecule has 0 aromatic carbocycles. The van der Waals surface area contributed by atoms with Crippen LogP contribution in [0.1, 0.15) is 0 Å². The summed E-state index contributed by atoms with van der Waals surface area (Å²) in [5, 5.41) is 8.47. The van der Waals surface area contributed by atoms with Crippen molar-refractivity contribution in [3.63, 3.8) is 0 Å². The minimum atomic E-state index is 0.583. The molecule has 0 spiro atoms. The van der Waals surface area contributed by atoms with Crippen LogP contribution in [0.25, 0.3) is 0 Å². The molecule has 2 nitrogen and oxygen atoms in total. The van der Waals surface area contributed by atoms with Gasteiger partial charge >= 0.3 is 0 Å². The van der Waals surface area contributed by atoms with Crippen molar-refractivity contribution in [1.82, 2.24) is 0 Å². The summed E-state index contributed by atoms with van der Waals surface area (Å²) in [6.07, 6.45) is 1.65. The average Bonchev–Trinajstić information content (AvgIpc) is 1.69. The number of hydrogen-bond acceptors (Lipinski definition) is 3. The summed E-state index contributed by atoms with van der Waals surface area (Å²) in [6, 6.07) is 0. The molecule has 0 radical (unpaired) electrons. The number of nitrogens with zero attached hydrogens (tertiary/aromatic N) is 1. The first-order valence-electron chi connectivity index (χ1n) is 1.65. The third kappa shape index (κ3) is 374. The summed E-state index contributed by atoms with van der Waals surface area (Å²) in [6.45, 7) is 3.94. The molecule has 40 valence electrons. The van der Waals surface area contributed by atoms with E-state index in [2.05, 4.69) is 19.2 Å². The standard InChI is InChI=1S/C3H7N.CHNS/c1-2-3-4;2-1-3/h2H,1,3-4H2;3H/p-1. The van der Waals surface area contributed by atoms with E-state index in [9.17, 15) is 0 Å². The summed E-state index contributed by atoms with van der Waals surface area (Å²) < 4.78 is 0. The monoisotopic (exact) mass is 115 g/mol. The van der Waals surface area contributed by atoms with Crippen molar-refractivity contribution in [3.8, 4) is 5.40 Å². The van der Waals surface area contributed by atoms with Gasteiger partial charge in [0.15, 0.2) is 0 Å². The molecule has 0 amide bonds. The van der Waals surface area contributed by atoms with Gasteiger partial charge in [0.05, 0.1) is 0 Å². The number of hydrogen-bond donors (Lipinski definition) is 1. The normalized spacial score (nSPS) is 4.57. The summed E-state index contributed by atoms with van der Waals surface area (Å²) in [5.74, 6) is 0. The highest BCUT2D eigenvalue weighted by Gasteiger charge is 1.43. The Labute approximate surface area is 49.0 Å². The molecule has 0 aliphatic heterocycles. The molecule has 0 aliphatic rings. The van der Waals surface area contributed by atoms with Crippen LogP contribution in [-0.2, 0) is 12.6 Å². The zero-order chi connectivity index (χ0) is 6.12. The Morgan fingerprint density at radius 2 is 2.14 bits per heavy atom. The smallest absolute Gasteiger partial charge is 0.0104 e. The van der Waals surface area contributed by atoms with E-state index in [4.69, 9.17) is 11.0 Å². The maximum atomic E-state index is 7.13. The van der Waals surface area contributed by atoms with E-state index in [1.807, 2.05) is 0 Å². The zero-order valence-electron chi connectivity index (χ0n) is 3.92. The molecule has 0 fully saturated rings. The van der Waals surface area contributed by atoms with Gasteiger partial charge in [0.25, 0.3) is 0 Å². The molecule has 0 aliphatic carbocycles. The second-order valence-electron chi connectivity index (χ2n) is 0.616.